The zero-order chi connectivity index (χ0) is 8.69. The van der Waals surface area contributed by atoms with Crippen LogP contribution < -0.4 is 0 Å². The van der Waals surface area contributed by atoms with Crippen molar-refractivity contribution in [2.75, 3.05) is 0 Å². The van der Waals surface area contributed by atoms with Crippen molar-refractivity contribution in [3.05, 3.63) is 0 Å². The fourth-order valence-electron chi connectivity index (χ4n) is 0.740. The van der Waals surface area contributed by atoms with Crippen LogP contribution in [0.4, 0.5) is 0 Å². The maximum absolute atomic E-state index is 2.32. The molecule has 0 saturated carbocycles. The fraction of sp³-hybridized carbons (Fsp3) is 1.00. The fourth-order valence-corrected chi connectivity index (χ4v) is 3.85. The Hall–Kier alpha value is 0.519. The molecule has 0 aliphatic carbocycles. The first-order valence-electron chi connectivity index (χ1n) is 4.70. The summed E-state index contributed by atoms with van der Waals surface area (Å²) in [6, 6.07) is 0. The third-order valence-electron chi connectivity index (χ3n) is 1.68. The van der Waals surface area contributed by atoms with E-state index in [1.54, 1.807) is 0 Å². The van der Waals surface area contributed by atoms with Crippen LogP contribution in [-0.2, 0) is 0 Å². The average molecular weight is 221 g/mol. The Bertz CT molecular complexity index is 66.9. The van der Waals surface area contributed by atoms with E-state index in [0.29, 0.717) is 0 Å². The second-order valence-electron chi connectivity index (χ2n) is 3.98. The maximum atomic E-state index is 2.32. The van der Waals surface area contributed by atoms with Crippen molar-refractivity contribution in [3.8, 4) is 0 Å². The minimum absolute atomic E-state index is 0.913. The van der Waals surface area contributed by atoms with Gasteiger partial charge in [-0.25, -0.2) is 0 Å². The second-order valence-corrected chi connectivity index (χ2v) is 6.55. The third-order valence-corrected chi connectivity index (χ3v) is 3.88. The van der Waals surface area contributed by atoms with Crippen molar-refractivity contribution < 1.29 is 0 Å². The molecule has 0 N–H and O–H groups in total. The first-order valence-corrected chi connectivity index (χ1v) is 7.13. The molecule has 0 aromatic carbocycles. The van der Waals surface area contributed by atoms with Crippen LogP contribution in [0.2, 0.25) is 10.6 Å². The first-order chi connectivity index (χ1) is 5.13. The van der Waals surface area contributed by atoms with Gasteiger partial charge in [0.15, 0.2) is 0 Å². The van der Waals surface area contributed by atoms with Gasteiger partial charge in [-0.1, -0.05) is 0 Å². The number of rotatable bonds is 6. The molecule has 0 saturated heterocycles. The summed E-state index contributed by atoms with van der Waals surface area (Å²) in [5.41, 5.74) is 0. The summed E-state index contributed by atoms with van der Waals surface area (Å²) in [6.45, 7) is 9.27. The van der Waals surface area contributed by atoms with Gasteiger partial charge in [-0.3, -0.25) is 0 Å². The summed E-state index contributed by atoms with van der Waals surface area (Å²) < 4.78 is 0. The predicted octanol–water partition coefficient (Wildman–Crippen LogP) is 3.62. The molecule has 0 unspecified atom stereocenters. The number of hydrogen-bond donors (Lipinski definition) is 0. The van der Waals surface area contributed by atoms with Gasteiger partial charge in [0.1, 0.15) is 0 Å². The summed E-state index contributed by atoms with van der Waals surface area (Å²) in [7, 11) is 0. The molecule has 0 atom stereocenters. The predicted molar refractivity (Wildman–Crippen MR) is 54.3 cm³/mol. The topological polar surface area (TPSA) is 0 Å². The van der Waals surface area contributed by atoms with Crippen molar-refractivity contribution in [1.29, 1.82) is 0 Å². The van der Waals surface area contributed by atoms with Crippen LogP contribution in [0.15, 0.2) is 0 Å². The van der Waals surface area contributed by atoms with Crippen LogP contribution in [0.5, 0.6) is 0 Å². The molecular formula is C10H22Se. The van der Waals surface area contributed by atoms with E-state index in [0.717, 1.165) is 26.8 Å². The van der Waals surface area contributed by atoms with Crippen LogP contribution in [0.3, 0.4) is 0 Å². The molecule has 1 heteroatoms. The van der Waals surface area contributed by atoms with Crippen LogP contribution in [0.25, 0.3) is 0 Å². The van der Waals surface area contributed by atoms with Crippen LogP contribution in [-0.4, -0.2) is 15.0 Å². The Morgan fingerprint density at radius 1 is 0.818 bits per heavy atom. The Labute approximate surface area is 78.3 Å². The Kier molecular flexibility index (Phi) is 7.52. The Morgan fingerprint density at radius 2 is 1.18 bits per heavy atom. The molecule has 0 nitrogen and oxygen atoms in total. The van der Waals surface area contributed by atoms with E-state index < -0.39 is 0 Å². The van der Waals surface area contributed by atoms with E-state index in [4.69, 9.17) is 0 Å². The molecule has 11 heavy (non-hydrogen) atoms. The zero-order valence-electron chi connectivity index (χ0n) is 8.39. The monoisotopic (exact) mass is 222 g/mol. The second kappa shape index (κ2) is 7.18. The molecule has 68 valence electrons. The van der Waals surface area contributed by atoms with Crippen LogP contribution in [0, 0.1) is 11.8 Å². The summed E-state index contributed by atoms with van der Waals surface area (Å²) in [6.07, 6.45) is 2.89. The molecule has 0 heterocycles. The standard InChI is InChI=1S/C10H22Se/c1-9(2)5-7-11-8-6-10(3)4/h9-10H,5-8H2,1-4H3. The SMILES string of the molecule is CC(C)CC[Se]CCC(C)C. The molecule has 0 bridgehead atoms. The van der Waals surface area contributed by atoms with Crippen molar-refractivity contribution in [2.45, 2.75) is 51.2 Å². The van der Waals surface area contributed by atoms with Gasteiger partial charge >= 0.3 is 78.0 Å². The van der Waals surface area contributed by atoms with Gasteiger partial charge < -0.3 is 0 Å². The quantitative estimate of drug-likeness (QED) is 0.474. The van der Waals surface area contributed by atoms with Gasteiger partial charge in [0.2, 0.25) is 0 Å². The molecule has 0 aliphatic heterocycles. The van der Waals surface area contributed by atoms with Gasteiger partial charge in [-0.2, -0.15) is 0 Å². The minimum atomic E-state index is 0.913. The Morgan fingerprint density at radius 3 is 1.45 bits per heavy atom. The van der Waals surface area contributed by atoms with E-state index in [2.05, 4.69) is 27.7 Å². The van der Waals surface area contributed by atoms with Crippen molar-refractivity contribution in [3.63, 3.8) is 0 Å². The molecule has 0 amide bonds. The normalized spacial score (nSPS) is 11.5. The van der Waals surface area contributed by atoms with Crippen molar-refractivity contribution in [1.82, 2.24) is 0 Å². The van der Waals surface area contributed by atoms with Crippen LogP contribution in [0.1, 0.15) is 40.5 Å². The van der Waals surface area contributed by atoms with E-state index in [1.165, 1.54) is 23.5 Å². The molecule has 0 radical (unpaired) electrons. The third kappa shape index (κ3) is 10.5. The van der Waals surface area contributed by atoms with Crippen LogP contribution >= 0.6 is 0 Å². The zero-order valence-corrected chi connectivity index (χ0v) is 10.1. The van der Waals surface area contributed by atoms with Gasteiger partial charge in [0.05, 0.1) is 0 Å². The van der Waals surface area contributed by atoms with Gasteiger partial charge in [-0.05, 0) is 0 Å². The van der Waals surface area contributed by atoms with E-state index in [1.807, 2.05) is 0 Å². The molecule has 0 fully saturated rings. The van der Waals surface area contributed by atoms with E-state index in [9.17, 15) is 0 Å². The Balaban J connectivity index is 2.91. The van der Waals surface area contributed by atoms with E-state index >= 15 is 0 Å². The average Bonchev–Trinajstić information content (AvgIpc) is 1.85. The number of hydrogen-bond acceptors (Lipinski definition) is 0. The summed E-state index contributed by atoms with van der Waals surface area (Å²) >= 11 is 0.939. The molecule has 0 aromatic rings. The molecular weight excluding hydrogens is 199 g/mol. The van der Waals surface area contributed by atoms with Crippen molar-refractivity contribution in [2.24, 2.45) is 11.8 Å². The van der Waals surface area contributed by atoms with E-state index in [-0.39, 0.29) is 0 Å². The van der Waals surface area contributed by atoms with Gasteiger partial charge in [-0.15, -0.1) is 0 Å². The molecule has 0 aromatic heterocycles. The van der Waals surface area contributed by atoms with Gasteiger partial charge in [0, 0.05) is 0 Å². The molecule has 0 aliphatic rings. The summed E-state index contributed by atoms with van der Waals surface area (Å²) in [4.78, 5) is 0. The summed E-state index contributed by atoms with van der Waals surface area (Å²) in [5.74, 6) is 1.83. The summed E-state index contributed by atoms with van der Waals surface area (Å²) in [5, 5.41) is 2.99. The van der Waals surface area contributed by atoms with Gasteiger partial charge in [0.25, 0.3) is 0 Å². The first kappa shape index (κ1) is 11.5. The van der Waals surface area contributed by atoms with Crippen molar-refractivity contribution >= 4 is 15.0 Å². The molecule has 0 rings (SSSR count). The molecule has 0 spiro atoms.